The van der Waals surface area contributed by atoms with Crippen molar-refractivity contribution in [1.29, 1.82) is 0 Å². The van der Waals surface area contributed by atoms with Crippen molar-refractivity contribution >= 4 is 46.5 Å². The Bertz CT molecular complexity index is 783. The van der Waals surface area contributed by atoms with Crippen LogP contribution < -0.4 is 10.2 Å². The molecule has 0 saturated carbocycles. The Labute approximate surface area is 157 Å². The van der Waals surface area contributed by atoms with E-state index in [1.54, 1.807) is 19.2 Å². The summed E-state index contributed by atoms with van der Waals surface area (Å²) in [7, 11) is 1.58. The second-order valence-electron chi connectivity index (χ2n) is 5.24. The smallest absolute Gasteiger partial charge is 0.262 e. The first-order valence-electron chi connectivity index (χ1n) is 7.33. The monoisotopic (exact) mass is 398 g/mol. The molecule has 0 bridgehead atoms. The Balaban J connectivity index is 1.61. The molecule has 0 aliphatic carbocycles. The number of β-lactam (4-membered cyclic amide) rings is 1. The molecule has 10 heteroatoms. The van der Waals surface area contributed by atoms with Crippen molar-refractivity contribution in [2.75, 3.05) is 12.9 Å². The average Bonchev–Trinajstić information content (AvgIpc) is 3.05. The minimum atomic E-state index is -0.702. The van der Waals surface area contributed by atoms with E-state index < -0.39 is 11.4 Å². The van der Waals surface area contributed by atoms with Crippen LogP contribution in [-0.4, -0.2) is 45.3 Å². The fraction of sp³-hybridized carbons (Fsp3) is 0.333. The zero-order valence-corrected chi connectivity index (χ0v) is 15.8. The number of nitrogens with zero attached hydrogens (tertiary/aromatic N) is 3. The van der Waals surface area contributed by atoms with Gasteiger partial charge in [-0.1, -0.05) is 35.2 Å². The summed E-state index contributed by atoms with van der Waals surface area (Å²) in [5.41, 5.74) is 3.44. The summed E-state index contributed by atoms with van der Waals surface area (Å²) in [4.78, 5) is 24.1. The van der Waals surface area contributed by atoms with E-state index in [-0.39, 0.29) is 17.6 Å². The summed E-state index contributed by atoms with van der Waals surface area (Å²) >= 11 is 8.82. The van der Waals surface area contributed by atoms with E-state index in [1.165, 1.54) is 28.1 Å². The first-order valence-corrected chi connectivity index (χ1v) is 9.57. The van der Waals surface area contributed by atoms with Gasteiger partial charge in [-0.25, -0.2) is 5.01 Å². The third-order valence-electron chi connectivity index (χ3n) is 3.57. The lowest BCUT2D eigenvalue weighted by molar-refractivity contribution is -0.155. The molecule has 1 aliphatic heterocycles. The minimum absolute atomic E-state index is 0.140. The second-order valence-corrected chi connectivity index (χ2v) is 8.11. The maximum Gasteiger partial charge on any atom is 0.262 e. The molecule has 2 atom stereocenters. The topological polar surface area (TPSA) is 84.4 Å². The molecule has 2 unspecified atom stereocenters. The molecular weight excluding hydrogens is 384 g/mol. The van der Waals surface area contributed by atoms with Gasteiger partial charge in [-0.2, -0.15) is 0 Å². The SMILES string of the molecule is COc1ccc(C2C(Cl)C(=O)N2NC(=O)CSc2nnc(C)s2)cc1. The molecule has 3 rings (SSSR count). The van der Waals surface area contributed by atoms with Crippen LogP contribution in [0.3, 0.4) is 0 Å². The van der Waals surface area contributed by atoms with Crippen LogP contribution in [0.1, 0.15) is 16.6 Å². The van der Waals surface area contributed by atoms with Crippen LogP contribution in [0.4, 0.5) is 0 Å². The van der Waals surface area contributed by atoms with Crippen LogP contribution in [0.2, 0.25) is 0 Å². The van der Waals surface area contributed by atoms with Gasteiger partial charge in [0, 0.05) is 0 Å². The predicted molar refractivity (Wildman–Crippen MR) is 95.7 cm³/mol. The van der Waals surface area contributed by atoms with Crippen LogP contribution >= 0.6 is 34.7 Å². The van der Waals surface area contributed by atoms with Gasteiger partial charge in [0.2, 0.25) is 5.91 Å². The highest BCUT2D eigenvalue weighted by Gasteiger charge is 2.48. The van der Waals surface area contributed by atoms with Crippen LogP contribution in [0.15, 0.2) is 28.6 Å². The Morgan fingerprint density at radius 3 is 2.72 bits per heavy atom. The second kappa shape index (κ2) is 7.59. The third-order valence-corrected chi connectivity index (χ3v) is 5.96. The van der Waals surface area contributed by atoms with Gasteiger partial charge in [0.25, 0.3) is 5.91 Å². The van der Waals surface area contributed by atoms with Gasteiger partial charge in [0.1, 0.15) is 22.2 Å². The minimum Gasteiger partial charge on any atom is -0.497 e. The molecule has 0 spiro atoms. The molecule has 1 aliphatic rings. The molecule has 1 N–H and O–H groups in total. The Hall–Kier alpha value is -1.84. The number of rotatable bonds is 6. The molecule has 1 aromatic carbocycles. The Kier molecular flexibility index (Phi) is 5.45. The van der Waals surface area contributed by atoms with E-state index in [0.717, 1.165) is 10.6 Å². The predicted octanol–water partition coefficient (Wildman–Crippen LogP) is 2.17. The van der Waals surface area contributed by atoms with Crippen molar-refractivity contribution in [2.24, 2.45) is 0 Å². The standard InChI is InChI=1S/C15H15ClN4O3S2/c1-8-17-18-15(25-8)24-7-11(21)19-20-13(12(16)14(20)22)9-3-5-10(23-2)6-4-9/h3-6,12-13H,7H2,1-2H3,(H,19,21). The van der Waals surface area contributed by atoms with E-state index >= 15 is 0 Å². The molecular formula is C15H15ClN4O3S2. The maximum absolute atomic E-state index is 12.1. The number of aryl methyl sites for hydroxylation is 1. The van der Waals surface area contributed by atoms with Crippen molar-refractivity contribution in [3.05, 3.63) is 34.8 Å². The number of hydrogen-bond donors (Lipinski definition) is 1. The number of aromatic nitrogens is 2. The first-order chi connectivity index (χ1) is 12.0. The number of nitrogens with one attached hydrogen (secondary N) is 1. The van der Waals surface area contributed by atoms with Crippen molar-refractivity contribution in [3.8, 4) is 5.75 Å². The summed E-state index contributed by atoms with van der Waals surface area (Å²) in [6, 6.07) is 6.81. The number of thioether (sulfide) groups is 1. The maximum atomic E-state index is 12.1. The van der Waals surface area contributed by atoms with Crippen LogP contribution in [-0.2, 0) is 9.59 Å². The van der Waals surface area contributed by atoms with Gasteiger partial charge in [-0.05, 0) is 24.6 Å². The zero-order chi connectivity index (χ0) is 18.0. The Morgan fingerprint density at radius 2 is 2.12 bits per heavy atom. The summed E-state index contributed by atoms with van der Waals surface area (Å²) in [6.07, 6.45) is 0. The van der Waals surface area contributed by atoms with Crippen LogP contribution in [0, 0.1) is 6.92 Å². The van der Waals surface area contributed by atoms with Crippen molar-refractivity contribution < 1.29 is 14.3 Å². The summed E-state index contributed by atoms with van der Waals surface area (Å²) in [6.45, 7) is 1.85. The lowest BCUT2D eigenvalue weighted by Gasteiger charge is -2.43. The van der Waals surface area contributed by atoms with Crippen LogP contribution in [0.5, 0.6) is 5.75 Å². The fourth-order valence-corrected chi connectivity index (χ4v) is 4.30. The first kappa shape index (κ1) is 18.0. The third kappa shape index (κ3) is 3.88. The van der Waals surface area contributed by atoms with Crippen molar-refractivity contribution in [3.63, 3.8) is 0 Å². The number of carbonyl (C=O) groups excluding carboxylic acids is 2. The molecule has 2 amide bonds. The Morgan fingerprint density at radius 1 is 1.40 bits per heavy atom. The number of amides is 2. The van der Waals surface area contributed by atoms with Crippen molar-refractivity contribution in [1.82, 2.24) is 20.6 Å². The molecule has 2 heterocycles. The van der Waals surface area contributed by atoms with Gasteiger partial charge in [-0.15, -0.1) is 21.8 Å². The highest BCUT2D eigenvalue weighted by atomic mass is 35.5. The summed E-state index contributed by atoms with van der Waals surface area (Å²) < 4.78 is 5.83. The fourth-order valence-electron chi connectivity index (χ4n) is 2.33. The number of ether oxygens (including phenoxy) is 1. The lowest BCUT2D eigenvalue weighted by Crippen LogP contribution is -2.63. The summed E-state index contributed by atoms with van der Waals surface area (Å²) in [5, 5.41) is 9.25. The quantitative estimate of drug-likeness (QED) is 0.456. The van der Waals surface area contributed by atoms with Gasteiger partial charge in [0.15, 0.2) is 4.34 Å². The van der Waals surface area contributed by atoms with E-state index in [2.05, 4.69) is 15.6 Å². The van der Waals surface area contributed by atoms with Gasteiger partial charge in [0.05, 0.1) is 12.9 Å². The normalized spacial score (nSPS) is 19.5. The molecule has 25 heavy (non-hydrogen) atoms. The highest BCUT2D eigenvalue weighted by Crippen LogP contribution is 2.37. The molecule has 7 nitrogen and oxygen atoms in total. The molecule has 2 aromatic rings. The van der Waals surface area contributed by atoms with E-state index in [9.17, 15) is 9.59 Å². The van der Waals surface area contributed by atoms with Gasteiger partial charge < -0.3 is 4.74 Å². The van der Waals surface area contributed by atoms with Gasteiger partial charge >= 0.3 is 0 Å². The van der Waals surface area contributed by atoms with Crippen molar-refractivity contribution in [2.45, 2.75) is 22.7 Å². The highest BCUT2D eigenvalue weighted by molar-refractivity contribution is 8.01. The number of hydrazine groups is 1. The zero-order valence-electron chi connectivity index (χ0n) is 13.4. The molecule has 1 aromatic heterocycles. The largest absolute Gasteiger partial charge is 0.497 e. The van der Waals surface area contributed by atoms with E-state index in [0.29, 0.717) is 10.1 Å². The molecule has 132 valence electrons. The number of halogens is 1. The number of benzene rings is 1. The number of alkyl halides is 1. The molecule has 0 radical (unpaired) electrons. The summed E-state index contributed by atoms with van der Waals surface area (Å²) in [5.74, 6) is 0.224. The molecule has 1 fully saturated rings. The lowest BCUT2D eigenvalue weighted by atomic mass is 9.95. The molecule has 1 saturated heterocycles. The van der Waals surface area contributed by atoms with Crippen LogP contribution in [0.25, 0.3) is 0 Å². The number of carbonyl (C=O) groups is 2. The number of hydrogen-bond acceptors (Lipinski definition) is 7. The van der Waals surface area contributed by atoms with Gasteiger partial charge in [-0.3, -0.25) is 15.0 Å². The number of methoxy groups -OCH3 is 1. The van der Waals surface area contributed by atoms with E-state index in [1.807, 2.05) is 19.1 Å². The average molecular weight is 399 g/mol. The van der Waals surface area contributed by atoms with E-state index in [4.69, 9.17) is 16.3 Å².